The van der Waals surface area contributed by atoms with E-state index in [1.54, 1.807) is 12.4 Å². The third kappa shape index (κ3) is 3.97. The lowest BCUT2D eigenvalue weighted by Gasteiger charge is -2.14. The maximum atomic E-state index is 5.72. The van der Waals surface area contributed by atoms with Crippen LogP contribution in [0.1, 0.15) is 31.9 Å². The molecule has 0 spiro atoms. The van der Waals surface area contributed by atoms with E-state index >= 15 is 0 Å². The molecule has 4 nitrogen and oxygen atoms in total. The van der Waals surface area contributed by atoms with Crippen molar-refractivity contribution in [2.24, 2.45) is 10.7 Å². The summed E-state index contributed by atoms with van der Waals surface area (Å²) in [6.07, 6.45) is 4.55. The number of pyridine rings is 1. The summed E-state index contributed by atoms with van der Waals surface area (Å²) in [4.78, 5) is 8.14. The molecule has 1 atom stereocenters. The number of rotatable bonds is 4. The summed E-state index contributed by atoms with van der Waals surface area (Å²) in [6.45, 7) is 4.88. The molecule has 15 heavy (non-hydrogen) atoms. The first-order valence-electron chi connectivity index (χ1n) is 5.20. The van der Waals surface area contributed by atoms with Crippen LogP contribution < -0.4 is 11.1 Å². The van der Waals surface area contributed by atoms with E-state index in [2.05, 4.69) is 22.2 Å². The minimum Gasteiger partial charge on any atom is -0.370 e. The lowest BCUT2D eigenvalue weighted by molar-refractivity contribution is 0.705. The van der Waals surface area contributed by atoms with E-state index < -0.39 is 0 Å². The van der Waals surface area contributed by atoms with Crippen LogP contribution in [0.4, 0.5) is 0 Å². The Morgan fingerprint density at radius 2 is 2.20 bits per heavy atom. The molecule has 0 fully saturated rings. The molecule has 0 amide bonds. The topological polar surface area (TPSA) is 63.3 Å². The molecule has 82 valence electrons. The predicted octanol–water partition coefficient (Wildman–Crippen LogP) is 1.46. The van der Waals surface area contributed by atoms with Gasteiger partial charge in [0.1, 0.15) is 0 Å². The molecule has 1 aromatic heterocycles. The van der Waals surface area contributed by atoms with Gasteiger partial charge in [0.25, 0.3) is 0 Å². The number of hydrogen-bond acceptors (Lipinski definition) is 2. The minimum absolute atomic E-state index is 0.161. The number of nitrogens with two attached hydrogens (primary N) is 1. The van der Waals surface area contributed by atoms with Gasteiger partial charge in [0.05, 0.1) is 6.04 Å². The van der Waals surface area contributed by atoms with Crippen LogP contribution in [-0.4, -0.2) is 17.5 Å². The maximum absolute atomic E-state index is 5.72. The van der Waals surface area contributed by atoms with Gasteiger partial charge in [-0.1, -0.05) is 6.92 Å². The normalized spacial score (nSPS) is 13.6. The molecule has 1 heterocycles. The van der Waals surface area contributed by atoms with Crippen LogP contribution in [0, 0.1) is 0 Å². The van der Waals surface area contributed by atoms with Gasteiger partial charge in [-0.25, -0.2) is 0 Å². The standard InChI is InChI=1S/C11H18N4/c1-3-6-14-11(12)15-9(2)10-4-7-13-8-5-10/h4-5,7-9H,3,6H2,1-2H3,(H3,12,14,15). The highest BCUT2D eigenvalue weighted by Gasteiger charge is 2.04. The minimum atomic E-state index is 0.161. The van der Waals surface area contributed by atoms with Crippen LogP contribution in [0.25, 0.3) is 0 Å². The first kappa shape index (κ1) is 11.5. The molecule has 0 radical (unpaired) electrons. The number of hydrogen-bond donors (Lipinski definition) is 2. The van der Waals surface area contributed by atoms with E-state index in [-0.39, 0.29) is 6.04 Å². The zero-order valence-electron chi connectivity index (χ0n) is 9.27. The van der Waals surface area contributed by atoms with Gasteiger partial charge < -0.3 is 11.1 Å². The van der Waals surface area contributed by atoms with Crippen molar-refractivity contribution in [2.75, 3.05) is 6.54 Å². The van der Waals surface area contributed by atoms with Crippen molar-refractivity contribution in [3.05, 3.63) is 30.1 Å². The molecule has 0 saturated carbocycles. The molecule has 1 rings (SSSR count). The van der Waals surface area contributed by atoms with E-state index in [0.717, 1.165) is 18.5 Å². The molecule has 1 unspecified atom stereocenters. The van der Waals surface area contributed by atoms with Crippen LogP contribution in [0.15, 0.2) is 29.5 Å². The van der Waals surface area contributed by atoms with Crippen molar-refractivity contribution in [3.63, 3.8) is 0 Å². The highest BCUT2D eigenvalue weighted by Crippen LogP contribution is 2.09. The summed E-state index contributed by atoms with van der Waals surface area (Å²) in [5.74, 6) is 0.501. The van der Waals surface area contributed by atoms with E-state index in [1.807, 2.05) is 19.1 Å². The number of aromatic nitrogens is 1. The van der Waals surface area contributed by atoms with Crippen LogP contribution in [0.5, 0.6) is 0 Å². The molecule has 0 aliphatic rings. The quantitative estimate of drug-likeness (QED) is 0.579. The van der Waals surface area contributed by atoms with E-state index in [0.29, 0.717) is 5.96 Å². The van der Waals surface area contributed by atoms with Crippen molar-refractivity contribution in [2.45, 2.75) is 26.3 Å². The van der Waals surface area contributed by atoms with Crippen LogP contribution in [0.3, 0.4) is 0 Å². The van der Waals surface area contributed by atoms with E-state index in [4.69, 9.17) is 5.73 Å². The molecular weight excluding hydrogens is 188 g/mol. The van der Waals surface area contributed by atoms with E-state index in [9.17, 15) is 0 Å². The summed E-state index contributed by atoms with van der Waals surface area (Å²) in [6, 6.07) is 4.09. The number of nitrogens with zero attached hydrogens (tertiary/aromatic N) is 2. The maximum Gasteiger partial charge on any atom is 0.189 e. The zero-order valence-corrected chi connectivity index (χ0v) is 9.27. The van der Waals surface area contributed by atoms with Gasteiger partial charge in [-0.3, -0.25) is 9.98 Å². The van der Waals surface area contributed by atoms with Gasteiger partial charge in [-0.05, 0) is 31.0 Å². The molecule has 0 aromatic carbocycles. The fourth-order valence-electron chi connectivity index (χ4n) is 1.24. The average Bonchev–Trinajstić information content (AvgIpc) is 2.27. The van der Waals surface area contributed by atoms with Crippen molar-refractivity contribution >= 4 is 5.96 Å². The molecule has 0 aliphatic heterocycles. The first-order chi connectivity index (χ1) is 7.24. The SMILES string of the molecule is CCCN=C(N)NC(C)c1ccncc1. The second-order valence-corrected chi connectivity index (χ2v) is 3.41. The van der Waals surface area contributed by atoms with Crippen molar-refractivity contribution < 1.29 is 0 Å². The van der Waals surface area contributed by atoms with Crippen LogP contribution in [0.2, 0.25) is 0 Å². The van der Waals surface area contributed by atoms with E-state index in [1.165, 1.54) is 0 Å². The molecule has 1 aromatic rings. The molecule has 4 heteroatoms. The Labute approximate surface area is 90.6 Å². The second-order valence-electron chi connectivity index (χ2n) is 3.41. The van der Waals surface area contributed by atoms with Gasteiger partial charge in [0.2, 0.25) is 0 Å². The molecule has 3 N–H and O–H groups in total. The Balaban J connectivity index is 2.52. The highest BCUT2D eigenvalue weighted by atomic mass is 15.1. The van der Waals surface area contributed by atoms with Crippen LogP contribution in [-0.2, 0) is 0 Å². The van der Waals surface area contributed by atoms with Crippen molar-refractivity contribution in [1.82, 2.24) is 10.3 Å². The fourth-order valence-corrected chi connectivity index (χ4v) is 1.24. The molecule has 0 aliphatic carbocycles. The zero-order chi connectivity index (χ0) is 11.1. The molecule has 0 bridgehead atoms. The number of nitrogens with one attached hydrogen (secondary N) is 1. The van der Waals surface area contributed by atoms with Gasteiger partial charge in [0.15, 0.2) is 5.96 Å². The monoisotopic (exact) mass is 206 g/mol. The summed E-state index contributed by atoms with van der Waals surface area (Å²) in [5.41, 5.74) is 6.87. The Hall–Kier alpha value is -1.58. The third-order valence-corrected chi connectivity index (χ3v) is 2.08. The second kappa shape index (κ2) is 6.01. The predicted molar refractivity (Wildman–Crippen MR) is 62.6 cm³/mol. The Kier molecular flexibility index (Phi) is 4.60. The van der Waals surface area contributed by atoms with Crippen LogP contribution >= 0.6 is 0 Å². The molecule has 0 saturated heterocycles. The largest absolute Gasteiger partial charge is 0.370 e. The summed E-state index contributed by atoms with van der Waals surface area (Å²) in [7, 11) is 0. The Morgan fingerprint density at radius 3 is 2.80 bits per heavy atom. The fraction of sp³-hybridized carbons (Fsp3) is 0.455. The smallest absolute Gasteiger partial charge is 0.189 e. The summed E-state index contributed by atoms with van der Waals surface area (Å²) in [5, 5.41) is 3.13. The highest BCUT2D eigenvalue weighted by molar-refractivity contribution is 5.78. The van der Waals surface area contributed by atoms with Crippen molar-refractivity contribution in [1.29, 1.82) is 0 Å². The van der Waals surface area contributed by atoms with Gasteiger partial charge in [-0.15, -0.1) is 0 Å². The summed E-state index contributed by atoms with van der Waals surface area (Å²) >= 11 is 0. The third-order valence-electron chi connectivity index (χ3n) is 2.08. The lowest BCUT2D eigenvalue weighted by Crippen LogP contribution is -2.33. The molecular formula is C11H18N4. The van der Waals surface area contributed by atoms with Gasteiger partial charge in [0, 0.05) is 18.9 Å². The lowest BCUT2D eigenvalue weighted by atomic mass is 10.1. The Morgan fingerprint density at radius 1 is 1.53 bits per heavy atom. The Bertz CT molecular complexity index is 308. The average molecular weight is 206 g/mol. The van der Waals surface area contributed by atoms with Gasteiger partial charge in [-0.2, -0.15) is 0 Å². The number of guanidine groups is 1. The summed E-state index contributed by atoms with van der Waals surface area (Å²) < 4.78 is 0. The van der Waals surface area contributed by atoms with Gasteiger partial charge >= 0.3 is 0 Å². The first-order valence-corrected chi connectivity index (χ1v) is 5.20. The van der Waals surface area contributed by atoms with Crippen molar-refractivity contribution in [3.8, 4) is 0 Å². The number of aliphatic imine (C=N–C) groups is 1.